The first-order valence-corrected chi connectivity index (χ1v) is 11.4. The van der Waals surface area contributed by atoms with Crippen LogP contribution in [0, 0.1) is 5.92 Å². The minimum Gasteiger partial charge on any atom is -0.462 e. The molecule has 1 unspecified atom stereocenters. The average Bonchev–Trinajstić information content (AvgIpc) is 3.35. The predicted octanol–water partition coefficient (Wildman–Crippen LogP) is 2.85. The number of anilines is 1. The van der Waals surface area contributed by atoms with Crippen LogP contribution in [0.3, 0.4) is 0 Å². The number of hydrogen-bond acceptors (Lipinski definition) is 6. The first kappa shape index (κ1) is 20.8. The van der Waals surface area contributed by atoms with Crippen molar-refractivity contribution < 1.29 is 23.9 Å². The second-order valence-corrected chi connectivity index (χ2v) is 9.54. The zero-order valence-corrected chi connectivity index (χ0v) is 18.2. The second-order valence-electron chi connectivity index (χ2n) is 8.44. The van der Waals surface area contributed by atoms with Crippen LogP contribution >= 0.6 is 11.3 Å². The molecule has 1 atom stereocenters. The van der Waals surface area contributed by atoms with Crippen LogP contribution in [0.5, 0.6) is 0 Å². The summed E-state index contributed by atoms with van der Waals surface area (Å²) >= 11 is 1.39. The predicted molar refractivity (Wildman–Crippen MR) is 112 cm³/mol. The van der Waals surface area contributed by atoms with Gasteiger partial charge in [0.15, 0.2) is 0 Å². The van der Waals surface area contributed by atoms with Gasteiger partial charge in [-0.1, -0.05) is 19.8 Å². The quantitative estimate of drug-likeness (QED) is 0.549. The lowest BCUT2D eigenvalue weighted by Crippen LogP contribution is -2.44. The van der Waals surface area contributed by atoms with Crippen LogP contribution in [0.1, 0.15) is 66.8 Å². The Morgan fingerprint density at radius 2 is 2.03 bits per heavy atom. The molecule has 1 aliphatic heterocycles. The van der Waals surface area contributed by atoms with E-state index in [1.54, 1.807) is 6.92 Å². The van der Waals surface area contributed by atoms with Crippen molar-refractivity contribution in [2.75, 3.05) is 18.5 Å². The molecule has 1 spiro atoms. The van der Waals surface area contributed by atoms with Gasteiger partial charge in [-0.15, -0.1) is 11.3 Å². The van der Waals surface area contributed by atoms with Crippen LogP contribution in [0.4, 0.5) is 9.80 Å². The molecule has 1 aromatic rings. The second kappa shape index (κ2) is 8.02. The average molecular weight is 434 g/mol. The fourth-order valence-electron chi connectivity index (χ4n) is 4.71. The summed E-state index contributed by atoms with van der Waals surface area (Å²) in [7, 11) is 0. The molecule has 2 fully saturated rings. The van der Waals surface area contributed by atoms with E-state index in [2.05, 4.69) is 17.6 Å². The fourth-order valence-corrected chi connectivity index (χ4v) is 6.12. The van der Waals surface area contributed by atoms with Crippen molar-refractivity contribution in [2.24, 2.45) is 5.92 Å². The Morgan fingerprint density at radius 1 is 1.30 bits per heavy atom. The zero-order chi connectivity index (χ0) is 21.5. The maximum Gasteiger partial charge on any atom is 0.341 e. The van der Waals surface area contributed by atoms with Gasteiger partial charge in [-0.05, 0) is 50.5 Å². The molecule has 4 amide bonds. The molecule has 3 aliphatic rings. The zero-order valence-electron chi connectivity index (χ0n) is 17.3. The third kappa shape index (κ3) is 3.59. The molecule has 0 aromatic carbocycles. The third-order valence-electron chi connectivity index (χ3n) is 6.25. The summed E-state index contributed by atoms with van der Waals surface area (Å²) in [4.78, 5) is 52.5. The summed E-state index contributed by atoms with van der Waals surface area (Å²) in [6.45, 7) is 3.79. The molecule has 2 heterocycles. The van der Waals surface area contributed by atoms with Crippen LogP contribution < -0.4 is 10.6 Å². The van der Waals surface area contributed by atoms with Crippen molar-refractivity contribution in [1.82, 2.24) is 10.2 Å². The first-order valence-electron chi connectivity index (χ1n) is 10.6. The van der Waals surface area contributed by atoms with Gasteiger partial charge in [0.05, 0.1) is 12.2 Å². The Balaban J connectivity index is 1.52. The van der Waals surface area contributed by atoms with Crippen molar-refractivity contribution in [3.8, 4) is 0 Å². The molecule has 1 saturated carbocycles. The number of carbonyl (C=O) groups excluding carboxylic acids is 4. The van der Waals surface area contributed by atoms with Gasteiger partial charge in [0.2, 0.25) is 5.91 Å². The lowest BCUT2D eigenvalue weighted by atomic mass is 9.88. The molecule has 0 radical (unpaired) electrons. The summed E-state index contributed by atoms with van der Waals surface area (Å²) in [5.41, 5.74) is 0.527. The Hall–Kier alpha value is -2.42. The summed E-state index contributed by atoms with van der Waals surface area (Å²) in [5, 5.41) is 5.99. The number of rotatable bonds is 5. The summed E-state index contributed by atoms with van der Waals surface area (Å²) < 4.78 is 5.22. The number of hydrogen-bond donors (Lipinski definition) is 2. The lowest BCUT2D eigenvalue weighted by molar-refractivity contribution is -0.133. The van der Waals surface area contributed by atoms with E-state index in [9.17, 15) is 19.2 Å². The van der Waals surface area contributed by atoms with Gasteiger partial charge in [0.25, 0.3) is 5.91 Å². The Labute approximate surface area is 179 Å². The van der Waals surface area contributed by atoms with Gasteiger partial charge < -0.3 is 15.4 Å². The largest absolute Gasteiger partial charge is 0.462 e. The number of esters is 1. The summed E-state index contributed by atoms with van der Waals surface area (Å²) in [5.74, 6) is -0.751. The van der Waals surface area contributed by atoms with Crippen LogP contribution in [-0.4, -0.2) is 47.4 Å². The van der Waals surface area contributed by atoms with Crippen molar-refractivity contribution >= 4 is 40.2 Å². The SMILES string of the molecule is CCOC(=O)c1c(NC(=O)CN2C(=O)NC3(CCCC3)C2=O)sc2c1CCC(C)C2. The van der Waals surface area contributed by atoms with E-state index in [1.165, 1.54) is 11.3 Å². The molecule has 8 nitrogen and oxygen atoms in total. The van der Waals surface area contributed by atoms with E-state index >= 15 is 0 Å². The molecule has 2 N–H and O–H groups in total. The number of ether oxygens (including phenoxy) is 1. The third-order valence-corrected chi connectivity index (χ3v) is 7.42. The van der Waals surface area contributed by atoms with Gasteiger partial charge >= 0.3 is 12.0 Å². The Morgan fingerprint density at radius 3 is 2.73 bits per heavy atom. The number of imide groups is 1. The first-order chi connectivity index (χ1) is 14.3. The minimum atomic E-state index is -0.842. The molecule has 2 aliphatic carbocycles. The van der Waals surface area contributed by atoms with Gasteiger partial charge in [0.1, 0.15) is 17.1 Å². The number of nitrogens with zero attached hydrogens (tertiary/aromatic N) is 1. The van der Waals surface area contributed by atoms with E-state index in [4.69, 9.17) is 4.74 Å². The van der Waals surface area contributed by atoms with E-state index in [0.29, 0.717) is 29.3 Å². The molecule has 162 valence electrons. The van der Waals surface area contributed by atoms with Crippen molar-refractivity contribution in [2.45, 2.75) is 64.3 Å². The van der Waals surface area contributed by atoms with Crippen LogP contribution in [0.15, 0.2) is 0 Å². The highest BCUT2D eigenvalue weighted by Gasteiger charge is 2.52. The molecule has 1 saturated heterocycles. The number of urea groups is 1. The van der Waals surface area contributed by atoms with Crippen molar-refractivity contribution in [3.63, 3.8) is 0 Å². The molecule has 1 aromatic heterocycles. The van der Waals surface area contributed by atoms with E-state index in [0.717, 1.165) is 47.4 Å². The highest BCUT2D eigenvalue weighted by Crippen LogP contribution is 2.40. The minimum absolute atomic E-state index is 0.248. The summed E-state index contributed by atoms with van der Waals surface area (Å²) in [6, 6.07) is -0.526. The number of fused-ring (bicyclic) bond motifs is 1. The van der Waals surface area contributed by atoms with Crippen molar-refractivity contribution in [1.29, 1.82) is 0 Å². The normalized spacial score (nSPS) is 22.2. The summed E-state index contributed by atoms with van der Waals surface area (Å²) in [6.07, 6.45) is 5.59. The number of thiophene rings is 1. The monoisotopic (exact) mass is 433 g/mol. The molecule has 4 rings (SSSR count). The Kier molecular flexibility index (Phi) is 5.57. The molecular formula is C21H27N3O5S. The van der Waals surface area contributed by atoms with E-state index in [-0.39, 0.29) is 19.1 Å². The maximum atomic E-state index is 12.8. The number of amides is 4. The standard InChI is InChI=1S/C21H27N3O5S/c1-3-29-18(26)16-13-7-6-12(2)10-14(13)30-17(16)22-15(25)11-24-19(27)21(23-20(24)28)8-4-5-9-21/h12H,3-11H2,1-2H3,(H,22,25)(H,23,28). The van der Waals surface area contributed by atoms with E-state index in [1.807, 2.05) is 0 Å². The van der Waals surface area contributed by atoms with Crippen LogP contribution in [-0.2, 0) is 27.2 Å². The van der Waals surface area contributed by atoms with Gasteiger partial charge in [-0.25, -0.2) is 9.59 Å². The smallest absolute Gasteiger partial charge is 0.341 e. The molecule has 0 bridgehead atoms. The topological polar surface area (TPSA) is 105 Å². The van der Waals surface area contributed by atoms with Crippen LogP contribution in [0.2, 0.25) is 0 Å². The molecular weight excluding hydrogens is 406 g/mol. The van der Waals surface area contributed by atoms with Crippen LogP contribution in [0.25, 0.3) is 0 Å². The highest BCUT2D eigenvalue weighted by molar-refractivity contribution is 7.17. The maximum absolute atomic E-state index is 12.8. The van der Waals surface area contributed by atoms with Gasteiger partial charge in [0, 0.05) is 4.88 Å². The van der Waals surface area contributed by atoms with Crippen molar-refractivity contribution in [3.05, 3.63) is 16.0 Å². The fraction of sp³-hybridized carbons (Fsp3) is 0.619. The number of nitrogens with one attached hydrogen (secondary N) is 2. The van der Waals surface area contributed by atoms with E-state index < -0.39 is 23.4 Å². The van der Waals surface area contributed by atoms with Gasteiger partial charge in [-0.3, -0.25) is 14.5 Å². The molecule has 30 heavy (non-hydrogen) atoms. The molecule has 9 heteroatoms. The highest BCUT2D eigenvalue weighted by atomic mass is 32.1. The number of carbonyl (C=O) groups is 4. The Bertz CT molecular complexity index is 903. The lowest BCUT2D eigenvalue weighted by Gasteiger charge is -2.19. The van der Waals surface area contributed by atoms with Gasteiger partial charge in [-0.2, -0.15) is 0 Å².